The zero-order valence-electron chi connectivity index (χ0n) is 6.83. The first-order valence-electron chi connectivity index (χ1n) is 4.02. The highest BCUT2D eigenvalue weighted by Crippen LogP contribution is 2.30. The average Bonchev–Trinajstić information content (AvgIpc) is 2.89. The molecule has 1 aliphatic rings. The van der Waals surface area contributed by atoms with E-state index >= 15 is 0 Å². The third kappa shape index (κ3) is 1.81. The van der Waals surface area contributed by atoms with Crippen LogP contribution in [-0.4, -0.2) is 11.1 Å². The summed E-state index contributed by atoms with van der Waals surface area (Å²) in [4.78, 5) is 3.95. The van der Waals surface area contributed by atoms with Crippen LogP contribution in [0.5, 0.6) is 5.75 Å². The van der Waals surface area contributed by atoms with Crippen molar-refractivity contribution in [2.45, 2.75) is 18.9 Å². The zero-order valence-corrected chi connectivity index (χ0v) is 8.41. The van der Waals surface area contributed by atoms with Gasteiger partial charge in [-0.3, -0.25) is 0 Å². The van der Waals surface area contributed by atoms with Gasteiger partial charge in [-0.2, -0.15) is 5.26 Å². The van der Waals surface area contributed by atoms with E-state index in [1.807, 2.05) is 0 Å². The molecule has 1 aromatic rings. The highest BCUT2D eigenvalue weighted by Gasteiger charge is 2.25. The van der Waals surface area contributed by atoms with Crippen LogP contribution >= 0.6 is 15.9 Å². The summed E-state index contributed by atoms with van der Waals surface area (Å²) >= 11 is 3.20. The smallest absolute Gasteiger partial charge is 0.141 e. The SMILES string of the molecule is N#Cc1c(OC2CC2)ccnc1Br. The van der Waals surface area contributed by atoms with E-state index in [0.717, 1.165) is 12.8 Å². The zero-order chi connectivity index (χ0) is 9.26. The van der Waals surface area contributed by atoms with E-state index in [-0.39, 0.29) is 0 Å². The molecule has 0 radical (unpaired) electrons. The number of ether oxygens (including phenoxy) is 1. The molecule has 0 atom stereocenters. The summed E-state index contributed by atoms with van der Waals surface area (Å²) in [7, 11) is 0. The molecule has 1 saturated carbocycles. The maximum Gasteiger partial charge on any atom is 0.141 e. The van der Waals surface area contributed by atoms with Gasteiger partial charge >= 0.3 is 0 Å². The van der Waals surface area contributed by atoms with E-state index in [1.54, 1.807) is 12.3 Å². The number of halogens is 1. The first kappa shape index (κ1) is 8.52. The minimum atomic E-state index is 0.307. The molecule has 1 aromatic heterocycles. The molecule has 0 amide bonds. The van der Waals surface area contributed by atoms with Gasteiger partial charge in [-0.25, -0.2) is 4.98 Å². The van der Waals surface area contributed by atoms with Crippen LogP contribution < -0.4 is 4.74 Å². The van der Waals surface area contributed by atoms with E-state index in [4.69, 9.17) is 10.00 Å². The lowest BCUT2D eigenvalue weighted by molar-refractivity contribution is 0.301. The predicted octanol–water partition coefficient (Wildman–Crippen LogP) is 2.26. The Morgan fingerprint density at radius 1 is 1.62 bits per heavy atom. The molecule has 1 fully saturated rings. The lowest BCUT2D eigenvalue weighted by Gasteiger charge is -2.05. The Morgan fingerprint density at radius 3 is 3.00 bits per heavy atom. The van der Waals surface area contributed by atoms with Gasteiger partial charge in [-0.15, -0.1) is 0 Å². The van der Waals surface area contributed by atoms with Crippen LogP contribution in [0.1, 0.15) is 18.4 Å². The molecule has 0 unspecified atom stereocenters. The second-order valence-electron chi connectivity index (χ2n) is 2.90. The van der Waals surface area contributed by atoms with Crippen LogP contribution in [0.4, 0.5) is 0 Å². The number of nitriles is 1. The van der Waals surface area contributed by atoms with Crippen LogP contribution in [0, 0.1) is 11.3 Å². The van der Waals surface area contributed by atoms with Crippen molar-refractivity contribution in [3.8, 4) is 11.8 Å². The van der Waals surface area contributed by atoms with Crippen molar-refractivity contribution in [1.82, 2.24) is 4.98 Å². The highest BCUT2D eigenvalue weighted by molar-refractivity contribution is 9.10. The molecule has 1 heterocycles. The van der Waals surface area contributed by atoms with E-state index in [1.165, 1.54) is 0 Å². The number of hydrogen-bond acceptors (Lipinski definition) is 3. The van der Waals surface area contributed by atoms with Crippen LogP contribution in [0.2, 0.25) is 0 Å². The number of rotatable bonds is 2. The summed E-state index contributed by atoms with van der Waals surface area (Å²) in [5.41, 5.74) is 0.481. The fourth-order valence-electron chi connectivity index (χ4n) is 0.985. The van der Waals surface area contributed by atoms with Crippen LogP contribution in [0.15, 0.2) is 16.9 Å². The van der Waals surface area contributed by atoms with Gasteiger partial charge in [0, 0.05) is 6.20 Å². The molecule has 2 rings (SSSR count). The molecule has 0 spiro atoms. The largest absolute Gasteiger partial charge is 0.489 e. The first-order chi connectivity index (χ1) is 6.31. The van der Waals surface area contributed by atoms with Crippen molar-refractivity contribution in [2.24, 2.45) is 0 Å². The Kier molecular flexibility index (Phi) is 2.19. The molecule has 0 N–H and O–H groups in total. The lowest BCUT2D eigenvalue weighted by atomic mass is 10.3. The molecular weight excluding hydrogens is 232 g/mol. The number of hydrogen-bond donors (Lipinski definition) is 0. The Morgan fingerprint density at radius 2 is 2.38 bits per heavy atom. The molecular formula is C9H7BrN2O. The molecule has 4 heteroatoms. The molecule has 1 aliphatic carbocycles. The molecule has 0 saturated heterocycles. The van der Waals surface area contributed by atoms with Gasteiger partial charge in [0.05, 0.1) is 6.10 Å². The summed E-state index contributed by atoms with van der Waals surface area (Å²) in [5, 5.41) is 8.83. The van der Waals surface area contributed by atoms with Crippen molar-refractivity contribution < 1.29 is 4.74 Å². The van der Waals surface area contributed by atoms with Gasteiger partial charge < -0.3 is 4.74 Å². The molecule has 0 bridgehead atoms. The number of nitrogens with zero attached hydrogens (tertiary/aromatic N) is 2. The maximum atomic E-state index is 8.83. The van der Waals surface area contributed by atoms with Crippen molar-refractivity contribution in [3.63, 3.8) is 0 Å². The summed E-state index contributed by atoms with van der Waals surface area (Å²) in [6.07, 6.45) is 4.11. The van der Waals surface area contributed by atoms with Crippen molar-refractivity contribution in [1.29, 1.82) is 5.26 Å². The van der Waals surface area contributed by atoms with E-state index in [9.17, 15) is 0 Å². The van der Waals surface area contributed by atoms with Crippen LogP contribution in [-0.2, 0) is 0 Å². The molecule has 3 nitrogen and oxygen atoms in total. The second kappa shape index (κ2) is 3.35. The van der Waals surface area contributed by atoms with Gasteiger partial charge in [0.25, 0.3) is 0 Å². The third-order valence-electron chi connectivity index (χ3n) is 1.80. The third-order valence-corrected chi connectivity index (χ3v) is 2.40. The maximum absolute atomic E-state index is 8.83. The Labute approximate surface area is 84.5 Å². The van der Waals surface area contributed by atoms with Gasteiger partial charge in [-0.05, 0) is 34.8 Å². The van der Waals surface area contributed by atoms with Crippen molar-refractivity contribution in [2.75, 3.05) is 0 Å². The van der Waals surface area contributed by atoms with Crippen LogP contribution in [0.3, 0.4) is 0 Å². The van der Waals surface area contributed by atoms with E-state index in [2.05, 4.69) is 27.0 Å². The normalized spacial score (nSPS) is 15.1. The molecule has 66 valence electrons. The topological polar surface area (TPSA) is 45.9 Å². The molecule has 0 aliphatic heterocycles. The highest BCUT2D eigenvalue weighted by atomic mass is 79.9. The molecule has 0 aromatic carbocycles. The van der Waals surface area contributed by atoms with Crippen molar-refractivity contribution in [3.05, 3.63) is 22.4 Å². The van der Waals surface area contributed by atoms with Crippen molar-refractivity contribution >= 4 is 15.9 Å². The Bertz CT molecular complexity index is 368. The molecule has 13 heavy (non-hydrogen) atoms. The van der Waals surface area contributed by atoms with E-state index in [0.29, 0.717) is 22.0 Å². The lowest BCUT2D eigenvalue weighted by Crippen LogP contribution is -1.99. The number of pyridine rings is 1. The fourth-order valence-corrected chi connectivity index (χ4v) is 1.39. The first-order valence-corrected chi connectivity index (χ1v) is 4.82. The van der Waals surface area contributed by atoms with Gasteiger partial charge in [0.2, 0.25) is 0 Å². The monoisotopic (exact) mass is 238 g/mol. The van der Waals surface area contributed by atoms with Gasteiger partial charge in [-0.1, -0.05) is 0 Å². The summed E-state index contributed by atoms with van der Waals surface area (Å²) < 4.78 is 6.08. The average molecular weight is 239 g/mol. The van der Waals surface area contributed by atoms with E-state index < -0.39 is 0 Å². The quantitative estimate of drug-likeness (QED) is 0.743. The minimum Gasteiger partial charge on any atom is -0.489 e. The minimum absolute atomic E-state index is 0.307. The summed E-state index contributed by atoms with van der Waals surface area (Å²) in [6.45, 7) is 0. The van der Waals surface area contributed by atoms with Crippen LogP contribution in [0.25, 0.3) is 0 Å². The summed E-state index contributed by atoms with van der Waals surface area (Å²) in [5.74, 6) is 0.631. The Hall–Kier alpha value is -1.08. The van der Waals surface area contributed by atoms with Gasteiger partial charge in [0.15, 0.2) is 0 Å². The second-order valence-corrected chi connectivity index (χ2v) is 3.66. The number of aromatic nitrogens is 1. The summed E-state index contributed by atoms with van der Waals surface area (Å²) in [6, 6.07) is 3.79. The Balaban J connectivity index is 2.32. The standard InChI is InChI=1S/C9H7BrN2O/c10-9-7(5-11)8(3-4-12-9)13-6-1-2-6/h3-4,6H,1-2H2. The predicted molar refractivity (Wildman–Crippen MR) is 50.3 cm³/mol. The van der Waals surface area contributed by atoms with Gasteiger partial charge in [0.1, 0.15) is 22.0 Å². The fraction of sp³-hybridized carbons (Fsp3) is 0.333.